The largest absolute Gasteiger partial charge is 0.497 e. The van der Waals surface area contributed by atoms with Gasteiger partial charge in [-0.2, -0.15) is 0 Å². The zero-order valence-corrected chi connectivity index (χ0v) is 19.1. The number of benzene rings is 1. The molecule has 1 aliphatic rings. The fourth-order valence-corrected chi connectivity index (χ4v) is 4.35. The molecule has 1 saturated heterocycles. The van der Waals surface area contributed by atoms with Crippen molar-refractivity contribution in [1.29, 1.82) is 0 Å². The zero-order valence-electron chi connectivity index (χ0n) is 17.5. The van der Waals surface area contributed by atoms with Crippen molar-refractivity contribution in [2.75, 3.05) is 13.7 Å². The molecule has 8 heteroatoms. The quantitative estimate of drug-likeness (QED) is 0.504. The third kappa shape index (κ3) is 3.88. The molecule has 0 bridgehead atoms. The molecule has 3 unspecified atom stereocenters. The SMILES string of the molecule is COc1ccc(C(C)N2CC(C(C)Oc3nc(Br)cc4ncn(C)c34)CC2=O)cc1. The number of amides is 1. The Morgan fingerprint density at radius 3 is 2.67 bits per heavy atom. The lowest BCUT2D eigenvalue weighted by Crippen LogP contribution is -2.31. The molecule has 1 aliphatic heterocycles. The van der Waals surface area contributed by atoms with Crippen LogP contribution in [0.15, 0.2) is 41.3 Å². The smallest absolute Gasteiger partial charge is 0.241 e. The standard InChI is InChI=1S/C22H25BrN4O3/c1-13(15-5-7-17(29-4)8-6-15)27-11-16(9-20(27)28)14(2)30-22-21-18(10-19(23)25-22)24-12-26(21)3/h5-8,10,12-14,16H,9,11H2,1-4H3. The van der Waals surface area contributed by atoms with Gasteiger partial charge in [-0.05, 0) is 53.5 Å². The van der Waals surface area contributed by atoms with Crippen LogP contribution in [0, 0.1) is 5.92 Å². The van der Waals surface area contributed by atoms with Gasteiger partial charge in [0, 0.05) is 25.9 Å². The number of aromatic nitrogens is 3. The Bertz CT molecular complexity index is 1070. The summed E-state index contributed by atoms with van der Waals surface area (Å²) in [6, 6.07) is 9.72. The number of aryl methyl sites for hydroxylation is 1. The Morgan fingerprint density at radius 2 is 1.97 bits per heavy atom. The van der Waals surface area contributed by atoms with Gasteiger partial charge in [-0.3, -0.25) is 4.79 Å². The zero-order chi connectivity index (χ0) is 21.4. The van der Waals surface area contributed by atoms with Crippen LogP contribution in [0.3, 0.4) is 0 Å². The molecule has 1 amide bonds. The van der Waals surface area contributed by atoms with E-state index in [1.165, 1.54) is 0 Å². The van der Waals surface area contributed by atoms with Crippen molar-refractivity contribution in [3.05, 3.63) is 46.8 Å². The van der Waals surface area contributed by atoms with E-state index in [4.69, 9.17) is 9.47 Å². The number of imidazole rings is 1. The molecule has 3 heterocycles. The van der Waals surface area contributed by atoms with Crippen LogP contribution in [0.4, 0.5) is 0 Å². The van der Waals surface area contributed by atoms with Gasteiger partial charge in [-0.1, -0.05) is 12.1 Å². The summed E-state index contributed by atoms with van der Waals surface area (Å²) in [5.41, 5.74) is 2.75. The van der Waals surface area contributed by atoms with Gasteiger partial charge in [0.15, 0.2) is 0 Å². The summed E-state index contributed by atoms with van der Waals surface area (Å²) in [7, 11) is 3.56. The molecular weight excluding hydrogens is 448 g/mol. The number of carbonyl (C=O) groups excluding carboxylic acids is 1. The highest BCUT2D eigenvalue weighted by Gasteiger charge is 2.37. The first-order valence-corrected chi connectivity index (χ1v) is 10.7. The second kappa shape index (κ2) is 8.26. The Hall–Kier alpha value is -2.61. The topological polar surface area (TPSA) is 69.5 Å². The van der Waals surface area contributed by atoms with Crippen LogP contribution < -0.4 is 9.47 Å². The first-order valence-electron chi connectivity index (χ1n) is 9.95. The van der Waals surface area contributed by atoms with Crippen LogP contribution in [0.5, 0.6) is 11.6 Å². The molecule has 3 atom stereocenters. The summed E-state index contributed by atoms with van der Waals surface area (Å²) in [6.07, 6.45) is 2.04. The average molecular weight is 473 g/mol. The maximum absolute atomic E-state index is 12.8. The fraction of sp³-hybridized carbons (Fsp3) is 0.409. The second-order valence-corrected chi connectivity index (χ2v) is 8.57. The van der Waals surface area contributed by atoms with Gasteiger partial charge in [0.25, 0.3) is 0 Å². The average Bonchev–Trinajstić information content (AvgIpc) is 3.30. The van der Waals surface area contributed by atoms with Crippen LogP contribution >= 0.6 is 15.9 Å². The molecule has 0 spiro atoms. The molecule has 0 N–H and O–H groups in total. The molecule has 0 aliphatic carbocycles. The molecule has 4 rings (SSSR count). The van der Waals surface area contributed by atoms with Gasteiger partial charge in [0.05, 0.1) is 25.0 Å². The molecule has 30 heavy (non-hydrogen) atoms. The number of hydrogen-bond donors (Lipinski definition) is 0. The maximum Gasteiger partial charge on any atom is 0.241 e. The molecule has 1 aromatic carbocycles. The summed E-state index contributed by atoms with van der Waals surface area (Å²) in [4.78, 5) is 23.6. The van der Waals surface area contributed by atoms with Gasteiger partial charge in [-0.25, -0.2) is 9.97 Å². The van der Waals surface area contributed by atoms with E-state index in [1.807, 2.05) is 53.8 Å². The van der Waals surface area contributed by atoms with Crippen molar-refractivity contribution in [3.8, 4) is 11.6 Å². The number of nitrogens with zero attached hydrogens (tertiary/aromatic N) is 4. The Kier molecular flexibility index (Phi) is 5.69. The van der Waals surface area contributed by atoms with Gasteiger partial charge in [0.2, 0.25) is 11.8 Å². The number of likely N-dealkylation sites (tertiary alicyclic amines) is 1. The van der Waals surface area contributed by atoms with E-state index in [0.717, 1.165) is 22.3 Å². The fourth-order valence-electron chi connectivity index (χ4n) is 3.98. The number of carbonyl (C=O) groups is 1. The van der Waals surface area contributed by atoms with E-state index in [0.29, 0.717) is 23.4 Å². The van der Waals surface area contributed by atoms with Crippen LogP contribution in [0.2, 0.25) is 0 Å². The predicted molar refractivity (Wildman–Crippen MR) is 118 cm³/mol. The predicted octanol–water partition coefficient (Wildman–Crippen LogP) is 4.12. The van der Waals surface area contributed by atoms with Gasteiger partial charge in [-0.15, -0.1) is 0 Å². The number of fused-ring (bicyclic) bond motifs is 1. The summed E-state index contributed by atoms with van der Waals surface area (Å²) in [6.45, 7) is 4.71. The van der Waals surface area contributed by atoms with E-state index in [2.05, 4.69) is 32.8 Å². The lowest BCUT2D eigenvalue weighted by molar-refractivity contribution is -0.129. The number of rotatable bonds is 6. The first-order chi connectivity index (χ1) is 14.4. The van der Waals surface area contributed by atoms with Crippen LogP contribution in [-0.4, -0.2) is 45.1 Å². The number of ether oxygens (including phenoxy) is 2. The van der Waals surface area contributed by atoms with Crippen LogP contribution in [-0.2, 0) is 11.8 Å². The van der Waals surface area contributed by atoms with Gasteiger partial charge < -0.3 is 18.9 Å². The van der Waals surface area contributed by atoms with E-state index in [9.17, 15) is 4.79 Å². The normalized spacial score (nSPS) is 18.6. The lowest BCUT2D eigenvalue weighted by Gasteiger charge is -2.26. The minimum absolute atomic E-state index is 0.00613. The summed E-state index contributed by atoms with van der Waals surface area (Å²) in [5.74, 6) is 1.57. The highest BCUT2D eigenvalue weighted by atomic mass is 79.9. The number of methoxy groups -OCH3 is 1. The molecule has 0 saturated carbocycles. The summed E-state index contributed by atoms with van der Waals surface area (Å²) < 4.78 is 14.0. The van der Waals surface area contributed by atoms with Crippen molar-refractivity contribution < 1.29 is 14.3 Å². The molecular formula is C22H25BrN4O3. The van der Waals surface area contributed by atoms with Gasteiger partial charge >= 0.3 is 0 Å². The minimum Gasteiger partial charge on any atom is -0.497 e. The molecule has 7 nitrogen and oxygen atoms in total. The first kappa shape index (κ1) is 20.7. The van der Waals surface area contributed by atoms with E-state index in [1.54, 1.807) is 13.4 Å². The summed E-state index contributed by atoms with van der Waals surface area (Å²) in [5, 5.41) is 0. The molecule has 1 fully saturated rings. The van der Waals surface area contributed by atoms with Gasteiger partial charge in [0.1, 0.15) is 22.0 Å². The lowest BCUT2D eigenvalue weighted by atomic mass is 10.0. The number of pyridine rings is 1. The monoisotopic (exact) mass is 472 g/mol. The third-order valence-electron chi connectivity index (χ3n) is 5.85. The summed E-state index contributed by atoms with van der Waals surface area (Å²) >= 11 is 3.43. The van der Waals surface area contributed by atoms with Crippen molar-refractivity contribution in [2.45, 2.75) is 32.4 Å². The highest BCUT2D eigenvalue weighted by molar-refractivity contribution is 9.10. The number of hydrogen-bond acceptors (Lipinski definition) is 5. The van der Waals surface area contributed by atoms with E-state index in [-0.39, 0.29) is 24.0 Å². The van der Waals surface area contributed by atoms with Crippen LogP contribution in [0.25, 0.3) is 11.0 Å². The number of halogens is 1. The van der Waals surface area contributed by atoms with E-state index >= 15 is 0 Å². The van der Waals surface area contributed by atoms with Crippen molar-refractivity contribution in [1.82, 2.24) is 19.4 Å². The Morgan fingerprint density at radius 1 is 1.23 bits per heavy atom. The van der Waals surface area contributed by atoms with Crippen molar-refractivity contribution >= 4 is 32.9 Å². The highest BCUT2D eigenvalue weighted by Crippen LogP contribution is 2.33. The third-order valence-corrected chi connectivity index (χ3v) is 6.25. The van der Waals surface area contributed by atoms with E-state index < -0.39 is 0 Å². The Balaban J connectivity index is 1.49. The molecule has 0 radical (unpaired) electrons. The van der Waals surface area contributed by atoms with Crippen molar-refractivity contribution in [2.24, 2.45) is 13.0 Å². The molecule has 2 aromatic heterocycles. The molecule has 3 aromatic rings. The maximum atomic E-state index is 12.8. The van der Waals surface area contributed by atoms with Crippen molar-refractivity contribution in [3.63, 3.8) is 0 Å². The molecule has 158 valence electrons. The Labute approximate surface area is 184 Å². The second-order valence-electron chi connectivity index (χ2n) is 7.76. The van der Waals surface area contributed by atoms with Crippen LogP contribution in [0.1, 0.15) is 31.9 Å². The minimum atomic E-state index is -0.165.